The van der Waals surface area contributed by atoms with Gasteiger partial charge in [0, 0.05) is 19.1 Å². The van der Waals surface area contributed by atoms with Crippen LogP contribution in [0.3, 0.4) is 0 Å². The van der Waals surface area contributed by atoms with E-state index < -0.39 is 0 Å². The maximum atomic E-state index is 12.7. The second-order valence-electron chi connectivity index (χ2n) is 5.69. The molecule has 0 spiro atoms. The first-order valence-corrected chi connectivity index (χ1v) is 7.16. The summed E-state index contributed by atoms with van der Waals surface area (Å²) in [4.78, 5) is 14.6. The highest BCUT2D eigenvalue weighted by molar-refractivity contribution is 5.84. The summed E-state index contributed by atoms with van der Waals surface area (Å²) in [7, 11) is 0. The number of aliphatic hydroxyl groups is 1. The molecule has 0 aromatic rings. The van der Waals surface area contributed by atoms with Gasteiger partial charge >= 0.3 is 0 Å². The van der Waals surface area contributed by atoms with E-state index in [0.29, 0.717) is 19.0 Å². The van der Waals surface area contributed by atoms with Crippen molar-refractivity contribution in [1.29, 1.82) is 0 Å². The van der Waals surface area contributed by atoms with E-state index in [4.69, 9.17) is 5.73 Å². The van der Waals surface area contributed by atoms with Crippen LogP contribution in [-0.2, 0) is 4.79 Å². The van der Waals surface area contributed by atoms with Crippen molar-refractivity contribution in [2.45, 2.75) is 52.5 Å². The van der Waals surface area contributed by atoms with Crippen molar-refractivity contribution in [1.82, 2.24) is 4.90 Å². The molecule has 4 heteroatoms. The monoisotopic (exact) mass is 256 g/mol. The number of amides is 1. The molecule has 0 unspecified atom stereocenters. The fourth-order valence-corrected chi connectivity index (χ4v) is 3.29. The van der Waals surface area contributed by atoms with Crippen molar-refractivity contribution in [2.24, 2.45) is 17.1 Å². The fraction of sp³-hybridized carbons (Fsp3) is 0.929. The average Bonchev–Trinajstić information content (AvgIpc) is 2.34. The standard InChI is InChI=1S/C14H28N2O2/c1-4-12(5-2)16(6-7-17)13(18)14(10-15)8-11(3)9-14/h11-12,17H,4-10,15H2,1-3H3. The number of nitrogens with zero attached hydrogens (tertiary/aromatic N) is 1. The third kappa shape index (κ3) is 2.86. The zero-order chi connectivity index (χ0) is 13.8. The molecule has 1 fully saturated rings. The lowest BCUT2D eigenvalue weighted by Crippen LogP contribution is -2.57. The number of carbonyl (C=O) groups is 1. The average molecular weight is 256 g/mol. The highest BCUT2D eigenvalue weighted by Gasteiger charge is 2.49. The predicted octanol–water partition coefficient (Wildman–Crippen LogP) is 1.37. The van der Waals surface area contributed by atoms with E-state index in [-0.39, 0.29) is 24.0 Å². The Balaban J connectivity index is 2.81. The van der Waals surface area contributed by atoms with Gasteiger partial charge < -0.3 is 15.7 Å². The van der Waals surface area contributed by atoms with Crippen LogP contribution in [0.15, 0.2) is 0 Å². The molecular weight excluding hydrogens is 228 g/mol. The Bertz CT molecular complexity index is 271. The van der Waals surface area contributed by atoms with Gasteiger partial charge in [-0.25, -0.2) is 0 Å². The zero-order valence-electron chi connectivity index (χ0n) is 12.0. The molecule has 3 N–H and O–H groups in total. The van der Waals surface area contributed by atoms with Gasteiger partial charge in [-0.1, -0.05) is 20.8 Å². The van der Waals surface area contributed by atoms with Crippen LogP contribution in [0.1, 0.15) is 46.5 Å². The summed E-state index contributed by atoms with van der Waals surface area (Å²) in [6.07, 6.45) is 3.64. The van der Waals surface area contributed by atoms with E-state index in [2.05, 4.69) is 20.8 Å². The van der Waals surface area contributed by atoms with E-state index in [1.165, 1.54) is 0 Å². The molecular formula is C14H28N2O2. The van der Waals surface area contributed by atoms with E-state index in [9.17, 15) is 9.90 Å². The lowest BCUT2D eigenvalue weighted by atomic mass is 9.61. The Morgan fingerprint density at radius 3 is 2.33 bits per heavy atom. The first-order valence-electron chi connectivity index (χ1n) is 7.16. The van der Waals surface area contributed by atoms with Gasteiger partial charge in [0.15, 0.2) is 0 Å². The molecule has 1 aliphatic rings. The first-order chi connectivity index (χ1) is 8.54. The van der Waals surface area contributed by atoms with Gasteiger partial charge in [0.1, 0.15) is 0 Å². The molecule has 0 aliphatic heterocycles. The highest BCUT2D eigenvalue weighted by Crippen LogP contribution is 2.46. The number of hydrogen-bond donors (Lipinski definition) is 2. The molecule has 0 radical (unpaired) electrons. The van der Waals surface area contributed by atoms with Gasteiger partial charge in [-0.15, -0.1) is 0 Å². The summed E-state index contributed by atoms with van der Waals surface area (Å²) in [6, 6.07) is 0.226. The molecule has 0 aromatic carbocycles. The number of rotatable bonds is 7. The van der Waals surface area contributed by atoms with Crippen LogP contribution in [0, 0.1) is 11.3 Å². The van der Waals surface area contributed by atoms with Crippen molar-refractivity contribution in [2.75, 3.05) is 19.7 Å². The fourth-order valence-electron chi connectivity index (χ4n) is 3.29. The van der Waals surface area contributed by atoms with Crippen LogP contribution in [0.5, 0.6) is 0 Å². The number of nitrogens with two attached hydrogens (primary N) is 1. The van der Waals surface area contributed by atoms with Gasteiger partial charge in [0.25, 0.3) is 0 Å². The van der Waals surface area contributed by atoms with Gasteiger partial charge in [0.2, 0.25) is 5.91 Å². The maximum Gasteiger partial charge on any atom is 0.230 e. The molecule has 0 bridgehead atoms. The second kappa shape index (κ2) is 6.53. The summed E-state index contributed by atoms with van der Waals surface area (Å²) in [5.74, 6) is 0.751. The lowest BCUT2D eigenvalue weighted by Gasteiger charge is -2.48. The van der Waals surface area contributed by atoms with Crippen molar-refractivity contribution >= 4 is 5.91 Å². The Hall–Kier alpha value is -0.610. The van der Waals surface area contributed by atoms with Gasteiger partial charge in [0.05, 0.1) is 12.0 Å². The quantitative estimate of drug-likeness (QED) is 0.723. The number of carbonyl (C=O) groups excluding carboxylic acids is 1. The van der Waals surface area contributed by atoms with Crippen LogP contribution in [-0.4, -0.2) is 41.7 Å². The van der Waals surface area contributed by atoms with Crippen LogP contribution >= 0.6 is 0 Å². The summed E-state index contributed by atoms with van der Waals surface area (Å²) in [6.45, 7) is 7.22. The Morgan fingerprint density at radius 2 is 2.00 bits per heavy atom. The zero-order valence-corrected chi connectivity index (χ0v) is 12.0. The van der Waals surface area contributed by atoms with Gasteiger partial charge in [-0.05, 0) is 31.6 Å². The van der Waals surface area contributed by atoms with Crippen LogP contribution in [0.2, 0.25) is 0 Å². The number of aliphatic hydroxyl groups excluding tert-OH is 1. The van der Waals surface area contributed by atoms with Crippen molar-refractivity contribution in [3.05, 3.63) is 0 Å². The molecule has 18 heavy (non-hydrogen) atoms. The molecule has 0 saturated heterocycles. The van der Waals surface area contributed by atoms with Crippen molar-refractivity contribution < 1.29 is 9.90 Å². The molecule has 4 nitrogen and oxygen atoms in total. The lowest BCUT2D eigenvalue weighted by molar-refractivity contribution is -0.153. The van der Waals surface area contributed by atoms with Crippen LogP contribution < -0.4 is 5.73 Å². The third-order valence-electron chi connectivity index (χ3n) is 4.31. The molecule has 0 atom stereocenters. The topological polar surface area (TPSA) is 66.6 Å². The van der Waals surface area contributed by atoms with Crippen molar-refractivity contribution in [3.63, 3.8) is 0 Å². The van der Waals surface area contributed by atoms with Gasteiger partial charge in [-0.2, -0.15) is 0 Å². The largest absolute Gasteiger partial charge is 0.395 e. The molecule has 1 rings (SSSR count). The first kappa shape index (κ1) is 15.4. The van der Waals surface area contributed by atoms with E-state index in [0.717, 1.165) is 25.7 Å². The molecule has 0 aromatic heterocycles. The summed E-state index contributed by atoms with van der Waals surface area (Å²) >= 11 is 0. The summed E-state index contributed by atoms with van der Waals surface area (Å²) in [5, 5.41) is 9.18. The minimum absolute atomic E-state index is 0.0262. The Kier molecular flexibility index (Phi) is 5.60. The molecule has 1 amide bonds. The Labute approximate surface area is 111 Å². The van der Waals surface area contributed by atoms with Crippen LogP contribution in [0.4, 0.5) is 0 Å². The van der Waals surface area contributed by atoms with Gasteiger partial charge in [-0.3, -0.25) is 4.79 Å². The van der Waals surface area contributed by atoms with E-state index in [1.54, 1.807) is 0 Å². The highest BCUT2D eigenvalue weighted by atomic mass is 16.3. The normalized spacial score (nSPS) is 27.1. The van der Waals surface area contributed by atoms with Crippen molar-refractivity contribution in [3.8, 4) is 0 Å². The van der Waals surface area contributed by atoms with E-state index >= 15 is 0 Å². The SMILES string of the molecule is CCC(CC)N(CCO)C(=O)C1(CN)CC(C)C1. The van der Waals surface area contributed by atoms with E-state index in [1.807, 2.05) is 4.90 Å². The minimum atomic E-state index is -0.350. The Morgan fingerprint density at radius 1 is 1.44 bits per heavy atom. The minimum Gasteiger partial charge on any atom is -0.395 e. The molecule has 1 saturated carbocycles. The summed E-state index contributed by atoms with van der Waals surface area (Å²) in [5.41, 5.74) is 5.49. The molecule has 106 valence electrons. The second-order valence-corrected chi connectivity index (χ2v) is 5.69. The maximum absolute atomic E-state index is 12.7. The number of hydrogen-bond acceptors (Lipinski definition) is 3. The predicted molar refractivity (Wildman–Crippen MR) is 73.1 cm³/mol. The smallest absolute Gasteiger partial charge is 0.230 e. The summed E-state index contributed by atoms with van der Waals surface area (Å²) < 4.78 is 0. The third-order valence-corrected chi connectivity index (χ3v) is 4.31. The van der Waals surface area contributed by atoms with Crippen LogP contribution in [0.25, 0.3) is 0 Å². The molecule has 1 aliphatic carbocycles. The molecule has 0 heterocycles.